The number of rotatable bonds is 3. The summed E-state index contributed by atoms with van der Waals surface area (Å²) in [4.78, 5) is 17.7. The number of carbonyl (C=O) groups is 1. The SMILES string of the molecule is O=C([C@@H]1CCCN1)N1CC[C@H](Oc2ccc(C(F)(F)F)cn2)C1. The number of pyridine rings is 1. The number of alkyl halides is 3. The van der Waals surface area contributed by atoms with Gasteiger partial charge in [-0.15, -0.1) is 0 Å². The van der Waals surface area contributed by atoms with Crippen molar-refractivity contribution in [2.75, 3.05) is 19.6 Å². The molecule has 3 rings (SSSR count). The van der Waals surface area contributed by atoms with E-state index >= 15 is 0 Å². The molecule has 0 saturated carbocycles. The lowest BCUT2D eigenvalue weighted by molar-refractivity contribution is -0.138. The zero-order chi connectivity index (χ0) is 16.4. The molecular formula is C15H18F3N3O2. The summed E-state index contributed by atoms with van der Waals surface area (Å²) in [5.41, 5.74) is -0.805. The summed E-state index contributed by atoms with van der Waals surface area (Å²) in [6, 6.07) is 2.05. The van der Waals surface area contributed by atoms with Gasteiger partial charge >= 0.3 is 6.18 Å². The predicted octanol–water partition coefficient (Wildman–Crippen LogP) is 1.83. The summed E-state index contributed by atoms with van der Waals surface area (Å²) in [5.74, 6) is 0.227. The van der Waals surface area contributed by atoms with Crippen molar-refractivity contribution in [3.63, 3.8) is 0 Å². The largest absolute Gasteiger partial charge is 0.472 e. The van der Waals surface area contributed by atoms with Gasteiger partial charge in [0.1, 0.15) is 6.10 Å². The normalized spacial score (nSPS) is 24.9. The van der Waals surface area contributed by atoms with Crippen LogP contribution < -0.4 is 10.1 Å². The Bertz CT molecular complexity index is 556. The Balaban J connectivity index is 1.54. The third-order valence-corrected chi connectivity index (χ3v) is 4.17. The summed E-state index contributed by atoms with van der Waals surface area (Å²) in [6.07, 6.45) is -1.38. The number of hydrogen-bond acceptors (Lipinski definition) is 4. The van der Waals surface area contributed by atoms with Crippen LogP contribution in [0.1, 0.15) is 24.8 Å². The second-order valence-electron chi connectivity index (χ2n) is 5.84. The van der Waals surface area contributed by atoms with Gasteiger partial charge in [0.2, 0.25) is 11.8 Å². The number of nitrogens with one attached hydrogen (secondary N) is 1. The lowest BCUT2D eigenvalue weighted by atomic mass is 10.2. The molecule has 2 atom stereocenters. The van der Waals surface area contributed by atoms with E-state index in [1.54, 1.807) is 4.90 Å². The first-order valence-electron chi connectivity index (χ1n) is 7.65. The van der Waals surface area contributed by atoms with Crippen LogP contribution in [0.2, 0.25) is 0 Å². The number of carbonyl (C=O) groups excluding carboxylic acids is 1. The van der Waals surface area contributed by atoms with Crippen molar-refractivity contribution in [2.45, 2.75) is 37.6 Å². The predicted molar refractivity (Wildman–Crippen MR) is 75.9 cm³/mol. The van der Waals surface area contributed by atoms with E-state index in [-0.39, 0.29) is 23.9 Å². The Morgan fingerprint density at radius 1 is 1.35 bits per heavy atom. The first-order chi connectivity index (χ1) is 10.9. The number of likely N-dealkylation sites (tertiary alicyclic amines) is 1. The fourth-order valence-corrected chi connectivity index (χ4v) is 2.93. The van der Waals surface area contributed by atoms with Crippen LogP contribution in [-0.4, -0.2) is 47.6 Å². The van der Waals surface area contributed by atoms with Gasteiger partial charge in [0, 0.05) is 25.2 Å². The number of aromatic nitrogens is 1. The molecule has 2 fully saturated rings. The van der Waals surface area contributed by atoms with E-state index in [0.717, 1.165) is 31.6 Å². The molecule has 2 saturated heterocycles. The molecule has 2 aliphatic rings. The molecule has 1 aromatic rings. The maximum Gasteiger partial charge on any atom is 0.417 e. The number of amides is 1. The minimum absolute atomic E-state index is 0.0778. The Kier molecular flexibility index (Phi) is 4.43. The summed E-state index contributed by atoms with van der Waals surface area (Å²) in [5, 5.41) is 3.17. The Hall–Kier alpha value is -1.83. The third-order valence-electron chi connectivity index (χ3n) is 4.17. The highest BCUT2D eigenvalue weighted by atomic mass is 19.4. The standard InChI is InChI=1S/C15H18F3N3O2/c16-15(17,18)10-3-4-13(20-8-10)23-11-5-7-21(9-11)14(22)12-2-1-6-19-12/h3-4,8,11-12,19H,1-2,5-7,9H2/t11-,12-/m0/s1. The van der Waals surface area contributed by atoms with Crippen molar-refractivity contribution < 1.29 is 22.7 Å². The van der Waals surface area contributed by atoms with Crippen LogP contribution in [0.5, 0.6) is 5.88 Å². The molecule has 1 aromatic heterocycles. The molecule has 3 heterocycles. The van der Waals surface area contributed by atoms with E-state index in [2.05, 4.69) is 10.3 Å². The highest BCUT2D eigenvalue weighted by molar-refractivity contribution is 5.82. The molecule has 1 amide bonds. The quantitative estimate of drug-likeness (QED) is 0.919. The minimum Gasteiger partial charge on any atom is -0.472 e. The van der Waals surface area contributed by atoms with E-state index in [9.17, 15) is 18.0 Å². The molecule has 1 N–H and O–H groups in total. The highest BCUT2D eigenvalue weighted by Gasteiger charge is 2.34. The molecule has 0 radical (unpaired) electrons. The van der Waals surface area contributed by atoms with E-state index in [0.29, 0.717) is 19.5 Å². The van der Waals surface area contributed by atoms with Gasteiger partial charge < -0.3 is 15.0 Å². The van der Waals surface area contributed by atoms with Crippen LogP contribution in [0.15, 0.2) is 18.3 Å². The molecule has 23 heavy (non-hydrogen) atoms. The van der Waals surface area contributed by atoms with Gasteiger partial charge in [0.05, 0.1) is 18.2 Å². The molecule has 5 nitrogen and oxygen atoms in total. The van der Waals surface area contributed by atoms with E-state index < -0.39 is 11.7 Å². The van der Waals surface area contributed by atoms with E-state index in [1.807, 2.05) is 0 Å². The molecule has 0 spiro atoms. The third kappa shape index (κ3) is 3.74. The minimum atomic E-state index is -4.41. The van der Waals surface area contributed by atoms with Crippen LogP contribution in [0, 0.1) is 0 Å². The van der Waals surface area contributed by atoms with Gasteiger partial charge in [-0.3, -0.25) is 4.79 Å². The van der Waals surface area contributed by atoms with E-state index in [1.165, 1.54) is 6.07 Å². The molecular weight excluding hydrogens is 311 g/mol. The van der Waals surface area contributed by atoms with Crippen LogP contribution in [-0.2, 0) is 11.0 Å². The zero-order valence-corrected chi connectivity index (χ0v) is 12.5. The molecule has 0 aromatic carbocycles. The lowest BCUT2D eigenvalue weighted by Gasteiger charge is -2.20. The van der Waals surface area contributed by atoms with Crippen molar-refractivity contribution in [1.82, 2.24) is 15.2 Å². The van der Waals surface area contributed by atoms with Crippen molar-refractivity contribution in [3.05, 3.63) is 23.9 Å². The van der Waals surface area contributed by atoms with Crippen LogP contribution in [0.4, 0.5) is 13.2 Å². The molecule has 0 unspecified atom stereocenters. The van der Waals surface area contributed by atoms with Crippen molar-refractivity contribution in [3.8, 4) is 5.88 Å². The fraction of sp³-hybridized carbons (Fsp3) is 0.600. The molecule has 0 bridgehead atoms. The van der Waals surface area contributed by atoms with Gasteiger partial charge in [0.25, 0.3) is 0 Å². The summed E-state index contributed by atoms with van der Waals surface area (Å²) in [6.45, 7) is 1.90. The summed E-state index contributed by atoms with van der Waals surface area (Å²) in [7, 11) is 0. The Morgan fingerprint density at radius 3 is 2.78 bits per heavy atom. The maximum absolute atomic E-state index is 12.5. The maximum atomic E-state index is 12.5. The van der Waals surface area contributed by atoms with Gasteiger partial charge in [-0.2, -0.15) is 13.2 Å². The van der Waals surface area contributed by atoms with Crippen LogP contribution in [0.25, 0.3) is 0 Å². The summed E-state index contributed by atoms with van der Waals surface area (Å²) < 4.78 is 43.0. The van der Waals surface area contributed by atoms with E-state index in [4.69, 9.17) is 4.74 Å². The lowest BCUT2D eigenvalue weighted by Crippen LogP contribution is -2.43. The van der Waals surface area contributed by atoms with Crippen LogP contribution in [0.3, 0.4) is 0 Å². The zero-order valence-electron chi connectivity index (χ0n) is 12.5. The second-order valence-corrected chi connectivity index (χ2v) is 5.84. The van der Waals surface area contributed by atoms with Gasteiger partial charge in [-0.1, -0.05) is 0 Å². The number of hydrogen-bond donors (Lipinski definition) is 1. The number of nitrogens with zero attached hydrogens (tertiary/aromatic N) is 2. The smallest absolute Gasteiger partial charge is 0.417 e. The monoisotopic (exact) mass is 329 g/mol. The van der Waals surface area contributed by atoms with Gasteiger partial charge in [-0.05, 0) is 25.5 Å². The van der Waals surface area contributed by atoms with Crippen molar-refractivity contribution in [1.29, 1.82) is 0 Å². The van der Waals surface area contributed by atoms with Gasteiger partial charge in [0.15, 0.2) is 0 Å². The second kappa shape index (κ2) is 6.35. The summed E-state index contributed by atoms with van der Waals surface area (Å²) >= 11 is 0. The number of halogens is 3. The number of ether oxygens (including phenoxy) is 1. The Morgan fingerprint density at radius 2 is 2.17 bits per heavy atom. The first kappa shape index (κ1) is 16.0. The Labute approximate surface area is 131 Å². The highest BCUT2D eigenvalue weighted by Crippen LogP contribution is 2.29. The van der Waals surface area contributed by atoms with Gasteiger partial charge in [-0.25, -0.2) is 4.98 Å². The molecule has 2 aliphatic heterocycles. The van der Waals surface area contributed by atoms with Crippen LogP contribution >= 0.6 is 0 Å². The first-order valence-corrected chi connectivity index (χ1v) is 7.65. The van der Waals surface area contributed by atoms with Crippen molar-refractivity contribution >= 4 is 5.91 Å². The molecule has 0 aliphatic carbocycles. The molecule has 126 valence electrons. The average Bonchev–Trinajstić information content (AvgIpc) is 3.18. The fourth-order valence-electron chi connectivity index (χ4n) is 2.93. The molecule has 8 heteroatoms. The average molecular weight is 329 g/mol. The van der Waals surface area contributed by atoms with Crippen molar-refractivity contribution in [2.24, 2.45) is 0 Å². The topological polar surface area (TPSA) is 54.5 Å².